The molecule has 1 fully saturated rings. The summed E-state index contributed by atoms with van der Waals surface area (Å²) in [5.41, 5.74) is 1.03. The largest absolute Gasteiger partial charge is 0.491 e. The summed E-state index contributed by atoms with van der Waals surface area (Å²) in [6, 6.07) is 10.2. The topological polar surface area (TPSA) is 54.5 Å². The maximum Gasteiger partial charge on any atom is 0.223 e. The molecular weight excluding hydrogens is 321 g/mol. The Morgan fingerprint density at radius 1 is 1.32 bits per heavy atom. The summed E-state index contributed by atoms with van der Waals surface area (Å²) in [6.45, 7) is 2.50. The number of carbonyl (C=O) groups is 1. The number of carbonyl (C=O) groups excluding carboxylic acids is 1. The fraction of sp³-hybridized carbons (Fsp3) is 0.368. The second kappa shape index (κ2) is 8.58. The third-order valence-corrected chi connectivity index (χ3v) is 4.26. The molecule has 25 heavy (non-hydrogen) atoms. The number of pyridine rings is 1. The van der Waals surface area contributed by atoms with E-state index in [1.165, 1.54) is 6.07 Å². The van der Waals surface area contributed by atoms with E-state index in [2.05, 4.69) is 10.3 Å². The van der Waals surface area contributed by atoms with Crippen molar-refractivity contribution in [2.24, 2.45) is 0 Å². The molecule has 5 nitrogen and oxygen atoms in total. The van der Waals surface area contributed by atoms with Crippen LogP contribution < -0.4 is 10.1 Å². The molecule has 0 bridgehead atoms. The Kier molecular flexibility index (Phi) is 5.95. The second-order valence-corrected chi connectivity index (χ2v) is 5.98. The molecule has 1 N–H and O–H groups in total. The summed E-state index contributed by atoms with van der Waals surface area (Å²) in [6.07, 6.45) is 4.47. The van der Waals surface area contributed by atoms with Gasteiger partial charge in [0.15, 0.2) is 11.6 Å². The number of nitrogens with one attached hydrogen (secondary N) is 1. The Morgan fingerprint density at radius 2 is 2.20 bits per heavy atom. The van der Waals surface area contributed by atoms with Crippen molar-refractivity contribution in [3.63, 3.8) is 0 Å². The van der Waals surface area contributed by atoms with Gasteiger partial charge in [0, 0.05) is 38.4 Å². The Balaban J connectivity index is 1.52. The molecule has 0 spiro atoms. The van der Waals surface area contributed by atoms with Gasteiger partial charge in [-0.15, -0.1) is 0 Å². The highest BCUT2D eigenvalue weighted by molar-refractivity contribution is 5.76. The van der Waals surface area contributed by atoms with E-state index in [0.29, 0.717) is 26.0 Å². The monoisotopic (exact) mass is 343 g/mol. The van der Waals surface area contributed by atoms with Gasteiger partial charge < -0.3 is 15.0 Å². The van der Waals surface area contributed by atoms with Gasteiger partial charge in [-0.2, -0.15) is 0 Å². The van der Waals surface area contributed by atoms with Gasteiger partial charge in [0.05, 0.1) is 12.6 Å². The standard InChI is InChI=1S/C19H22FN3O2/c20-16-6-1-2-7-18(16)25-12-4-8-19(24)23-11-10-22-14-17(23)15-5-3-9-21-13-15/h1-3,5-7,9,13,17,22H,4,8,10-12,14H2. The van der Waals surface area contributed by atoms with Gasteiger partial charge >= 0.3 is 0 Å². The number of rotatable bonds is 6. The number of ether oxygens (including phenoxy) is 1. The van der Waals surface area contributed by atoms with Crippen molar-refractivity contribution in [1.29, 1.82) is 0 Å². The summed E-state index contributed by atoms with van der Waals surface area (Å²) < 4.78 is 18.9. The molecule has 1 saturated heterocycles. The van der Waals surface area contributed by atoms with E-state index in [1.54, 1.807) is 30.6 Å². The summed E-state index contributed by atoms with van der Waals surface area (Å²) >= 11 is 0. The van der Waals surface area contributed by atoms with Crippen molar-refractivity contribution in [2.75, 3.05) is 26.2 Å². The maximum absolute atomic E-state index is 13.5. The predicted molar refractivity (Wildman–Crippen MR) is 92.7 cm³/mol. The lowest BCUT2D eigenvalue weighted by Crippen LogP contribution is -2.48. The molecule has 1 amide bonds. The minimum absolute atomic E-state index is 0.00226. The maximum atomic E-state index is 13.5. The number of para-hydroxylation sites is 1. The smallest absolute Gasteiger partial charge is 0.223 e. The third-order valence-electron chi connectivity index (χ3n) is 4.26. The number of halogens is 1. The second-order valence-electron chi connectivity index (χ2n) is 5.98. The Morgan fingerprint density at radius 3 is 3.00 bits per heavy atom. The first-order chi connectivity index (χ1) is 12.3. The minimum atomic E-state index is -0.382. The number of piperazine rings is 1. The number of aromatic nitrogens is 1. The summed E-state index contributed by atoms with van der Waals surface area (Å²) in [7, 11) is 0. The zero-order valence-corrected chi connectivity index (χ0v) is 14.0. The highest BCUT2D eigenvalue weighted by atomic mass is 19.1. The molecule has 6 heteroatoms. The molecule has 1 atom stereocenters. The van der Waals surface area contributed by atoms with E-state index in [1.807, 2.05) is 17.0 Å². The number of nitrogens with zero attached hydrogens (tertiary/aromatic N) is 2. The van der Waals surface area contributed by atoms with Gasteiger partial charge in [0.2, 0.25) is 5.91 Å². The van der Waals surface area contributed by atoms with Crippen LogP contribution in [0.2, 0.25) is 0 Å². The number of hydrogen-bond donors (Lipinski definition) is 1. The Labute approximate surface area is 146 Å². The van der Waals surface area contributed by atoms with E-state index >= 15 is 0 Å². The van der Waals surface area contributed by atoms with E-state index in [-0.39, 0.29) is 23.5 Å². The van der Waals surface area contributed by atoms with Crippen LogP contribution in [0, 0.1) is 5.82 Å². The fourth-order valence-electron chi connectivity index (χ4n) is 2.98. The van der Waals surface area contributed by atoms with Crippen molar-refractivity contribution < 1.29 is 13.9 Å². The molecule has 1 aromatic carbocycles. The molecule has 0 aliphatic carbocycles. The average Bonchev–Trinajstić information content (AvgIpc) is 2.67. The molecule has 0 radical (unpaired) electrons. The molecule has 0 saturated carbocycles. The van der Waals surface area contributed by atoms with Crippen LogP contribution in [-0.4, -0.2) is 42.0 Å². The quantitative estimate of drug-likeness (QED) is 0.819. The van der Waals surface area contributed by atoms with Crippen LogP contribution >= 0.6 is 0 Å². The fourth-order valence-corrected chi connectivity index (χ4v) is 2.98. The molecule has 132 valence electrons. The molecule has 2 aromatic rings. The van der Waals surface area contributed by atoms with Crippen molar-refractivity contribution in [2.45, 2.75) is 18.9 Å². The first-order valence-corrected chi connectivity index (χ1v) is 8.53. The van der Waals surface area contributed by atoms with Crippen LogP contribution in [-0.2, 0) is 4.79 Å². The van der Waals surface area contributed by atoms with Gasteiger partial charge in [-0.3, -0.25) is 9.78 Å². The molecule has 3 rings (SSSR count). The van der Waals surface area contributed by atoms with E-state index < -0.39 is 0 Å². The van der Waals surface area contributed by atoms with E-state index in [9.17, 15) is 9.18 Å². The Bertz CT molecular complexity index is 696. The van der Waals surface area contributed by atoms with E-state index in [4.69, 9.17) is 4.74 Å². The van der Waals surface area contributed by atoms with Crippen molar-refractivity contribution in [3.8, 4) is 5.75 Å². The van der Waals surface area contributed by atoms with Crippen LogP contribution in [0.5, 0.6) is 5.75 Å². The zero-order valence-electron chi connectivity index (χ0n) is 14.0. The van der Waals surface area contributed by atoms with Gasteiger partial charge in [0.1, 0.15) is 0 Å². The number of benzene rings is 1. The molecule has 1 aliphatic rings. The number of hydrogen-bond acceptors (Lipinski definition) is 4. The SMILES string of the molecule is O=C(CCCOc1ccccc1F)N1CCNCC1c1cccnc1. The van der Waals surface area contributed by atoms with Gasteiger partial charge in [-0.1, -0.05) is 18.2 Å². The predicted octanol–water partition coefficient (Wildman–Crippen LogP) is 2.55. The number of amides is 1. The van der Waals surface area contributed by atoms with Crippen LogP contribution in [0.4, 0.5) is 4.39 Å². The van der Waals surface area contributed by atoms with Gasteiger partial charge in [-0.05, 0) is 30.2 Å². The van der Waals surface area contributed by atoms with Crippen LogP contribution in [0.1, 0.15) is 24.4 Å². The van der Waals surface area contributed by atoms with Gasteiger partial charge in [0.25, 0.3) is 0 Å². The lowest BCUT2D eigenvalue weighted by molar-refractivity contribution is -0.134. The van der Waals surface area contributed by atoms with Crippen LogP contribution in [0.15, 0.2) is 48.8 Å². The van der Waals surface area contributed by atoms with E-state index in [0.717, 1.165) is 18.7 Å². The average molecular weight is 343 g/mol. The summed E-state index contributed by atoms with van der Waals surface area (Å²) in [5.74, 6) is -0.0644. The van der Waals surface area contributed by atoms with Crippen molar-refractivity contribution in [1.82, 2.24) is 15.2 Å². The third kappa shape index (κ3) is 4.54. The van der Waals surface area contributed by atoms with Crippen LogP contribution in [0.3, 0.4) is 0 Å². The highest BCUT2D eigenvalue weighted by Gasteiger charge is 2.27. The Hall–Kier alpha value is -2.47. The lowest BCUT2D eigenvalue weighted by atomic mass is 10.0. The first-order valence-electron chi connectivity index (χ1n) is 8.53. The highest BCUT2D eigenvalue weighted by Crippen LogP contribution is 2.22. The van der Waals surface area contributed by atoms with Crippen LogP contribution in [0.25, 0.3) is 0 Å². The van der Waals surface area contributed by atoms with Crippen molar-refractivity contribution in [3.05, 3.63) is 60.2 Å². The van der Waals surface area contributed by atoms with Gasteiger partial charge in [-0.25, -0.2) is 4.39 Å². The van der Waals surface area contributed by atoms with Crippen molar-refractivity contribution >= 4 is 5.91 Å². The molecule has 1 unspecified atom stereocenters. The summed E-state index contributed by atoms with van der Waals surface area (Å²) in [5, 5.41) is 3.33. The minimum Gasteiger partial charge on any atom is -0.491 e. The lowest BCUT2D eigenvalue weighted by Gasteiger charge is -2.36. The molecule has 2 heterocycles. The molecule has 1 aromatic heterocycles. The zero-order chi connectivity index (χ0) is 17.5. The molecule has 1 aliphatic heterocycles. The first kappa shape index (κ1) is 17.4. The summed E-state index contributed by atoms with van der Waals surface area (Å²) in [4.78, 5) is 18.7. The molecular formula is C19H22FN3O2. The normalized spacial score (nSPS) is 17.3.